The Labute approximate surface area is 103 Å². The van der Waals surface area contributed by atoms with Gasteiger partial charge in [0, 0.05) is 19.7 Å². The number of carboxylic acid groups (broad SMARTS) is 1. The average Bonchev–Trinajstić information content (AvgIpc) is 2.27. The highest BCUT2D eigenvalue weighted by Crippen LogP contribution is 2.38. The summed E-state index contributed by atoms with van der Waals surface area (Å²) in [5.41, 5.74) is -0.504. The summed E-state index contributed by atoms with van der Waals surface area (Å²) < 4.78 is 5.29. The monoisotopic (exact) mass is 241 g/mol. The zero-order valence-corrected chi connectivity index (χ0v) is 10.8. The molecule has 1 saturated carbocycles. The van der Waals surface area contributed by atoms with E-state index in [9.17, 15) is 9.90 Å². The molecule has 2 fully saturated rings. The van der Waals surface area contributed by atoms with Crippen LogP contribution < -0.4 is 0 Å². The van der Waals surface area contributed by atoms with Gasteiger partial charge in [0.2, 0.25) is 0 Å². The van der Waals surface area contributed by atoms with Gasteiger partial charge in [0.05, 0.1) is 11.5 Å². The van der Waals surface area contributed by atoms with Crippen LogP contribution in [0.25, 0.3) is 0 Å². The van der Waals surface area contributed by atoms with Gasteiger partial charge in [-0.25, -0.2) is 0 Å². The maximum Gasteiger partial charge on any atom is 0.310 e. The van der Waals surface area contributed by atoms with E-state index >= 15 is 0 Å². The predicted octanol–water partition coefficient (Wildman–Crippen LogP) is 1.74. The van der Waals surface area contributed by atoms with Crippen molar-refractivity contribution >= 4 is 5.97 Å². The molecule has 0 radical (unpaired) electrons. The smallest absolute Gasteiger partial charge is 0.310 e. The Hall–Kier alpha value is -0.610. The Morgan fingerprint density at radius 1 is 1.53 bits per heavy atom. The van der Waals surface area contributed by atoms with Crippen LogP contribution in [0.4, 0.5) is 0 Å². The van der Waals surface area contributed by atoms with Gasteiger partial charge in [0.1, 0.15) is 0 Å². The number of hydrogen-bond donors (Lipinski definition) is 1. The lowest BCUT2D eigenvalue weighted by atomic mass is 9.75. The average molecular weight is 241 g/mol. The molecular formula is C13H23NO3. The van der Waals surface area contributed by atoms with E-state index in [-0.39, 0.29) is 0 Å². The molecule has 1 atom stereocenters. The van der Waals surface area contributed by atoms with Crippen molar-refractivity contribution in [1.82, 2.24) is 4.90 Å². The molecule has 1 aliphatic carbocycles. The Morgan fingerprint density at radius 3 is 2.76 bits per heavy atom. The number of ether oxygens (including phenoxy) is 1. The molecule has 1 heterocycles. The van der Waals surface area contributed by atoms with Crippen LogP contribution >= 0.6 is 0 Å². The molecule has 17 heavy (non-hydrogen) atoms. The second-order valence-corrected chi connectivity index (χ2v) is 5.50. The van der Waals surface area contributed by atoms with Gasteiger partial charge in [0.25, 0.3) is 0 Å². The van der Waals surface area contributed by atoms with E-state index in [1.54, 1.807) is 7.11 Å². The number of aliphatic carboxylic acids is 1. The number of carboxylic acids is 1. The molecule has 0 aromatic heterocycles. The summed E-state index contributed by atoms with van der Waals surface area (Å²) in [5, 5.41) is 9.43. The highest BCUT2D eigenvalue weighted by atomic mass is 16.5. The zero-order valence-electron chi connectivity index (χ0n) is 10.8. The third kappa shape index (κ3) is 2.33. The lowest BCUT2D eigenvalue weighted by molar-refractivity contribution is -0.155. The van der Waals surface area contributed by atoms with Gasteiger partial charge in [-0.1, -0.05) is 6.92 Å². The van der Waals surface area contributed by atoms with E-state index in [4.69, 9.17) is 4.74 Å². The summed E-state index contributed by atoms with van der Waals surface area (Å²) in [6, 6.07) is 0.547. The number of piperidine rings is 1. The zero-order chi connectivity index (χ0) is 12.5. The summed E-state index contributed by atoms with van der Waals surface area (Å²) in [6.07, 6.45) is 5.09. The summed E-state index contributed by atoms with van der Waals surface area (Å²) in [6.45, 7) is 3.77. The van der Waals surface area contributed by atoms with Crippen molar-refractivity contribution in [3.8, 4) is 0 Å². The topological polar surface area (TPSA) is 49.8 Å². The molecule has 1 N–H and O–H groups in total. The predicted molar refractivity (Wildman–Crippen MR) is 65.0 cm³/mol. The van der Waals surface area contributed by atoms with Crippen molar-refractivity contribution in [1.29, 1.82) is 0 Å². The number of likely N-dealkylation sites (tertiary alicyclic amines) is 1. The van der Waals surface area contributed by atoms with E-state index in [1.165, 1.54) is 0 Å². The van der Waals surface area contributed by atoms with Crippen molar-refractivity contribution in [2.24, 2.45) is 5.41 Å². The fourth-order valence-electron chi connectivity index (χ4n) is 3.12. The quantitative estimate of drug-likeness (QED) is 0.814. The number of hydrogen-bond acceptors (Lipinski definition) is 3. The third-order valence-corrected chi connectivity index (χ3v) is 4.66. The maximum absolute atomic E-state index is 11.5. The van der Waals surface area contributed by atoms with Crippen LogP contribution in [0.5, 0.6) is 0 Å². The van der Waals surface area contributed by atoms with Gasteiger partial charge in [-0.3, -0.25) is 9.69 Å². The minimum Gasteiger partial charge on any atom is -0.481 e. The summed E-state index contributed by atoms with van der Waals surface area (Å²) in [7, 11) is 1.75. The fourth-order valence-corrected chi connectivity index (χ4v) is 3.12. The van der Waals surface area contributed by atoms with E-state index in [1.807, 2.05) is 6.92 Å². The van der Waals surface area contributed by atoms with E-state index in [0.29, 0.717) is 12.1 Å². The van der Waals surface area contributed by atoms with E-state index in [2.05, 4.69) is 4.90 Å². The fraction of sp³-hybridized carbons (Fsp3) is 0.923. The van der Waals surface area contributed by atoms with E-state index in [0.717, 1.165) is 45.2 Å². The Bertz CT molecular complexity index is 288. The first-order chi connectivity index (χ1) is 8.11. The normalized spacial score (nSPS) is 38.7. The standard InChI is InChI=1S/C13H23NO3/c1-3-13(12(15)16)5-4-6-14(9-13)10-7-11(8-10)17-2/h10-11H,3-9H2,1-2H3,(H,15,16). The van der Waals surface area contributed by atoms with Crippen molar-refractivity contribution in [2.75, 3.05) is 20.2 Å². The Balaban J connectivity index is 1.95. The third-order valence-electron chi connectivity index (χ3n) is 4.66. The van der Waals surface area contributed by atoms with Gasteiger partial charge in [-0.05, 0) is 38.6 Å². The molecule has 1 saturated heterocycles. The van der Waals surface area contributed by atoms with Crippen molar-refractivity contribution in [2.45, 2.75) is 51.2 Å². The highest BCUT2D eigenvalue weighted by Gasteiger charge is 2.44. The number of carbonyl (C=O) groups is 1. The molecule has 1 unspecified atom stereocenters. The second kappa shape index (κ2) is 4.94. The minimum atomic E-state index is -0.618. The van der Waals surface area contributed by atoms with Crippen LogP contribution in [-0.2, 0) is 9.53 Å². The van der Waals surface area contributed by atoms with Crippen LogP contribution in [-0.4, -0.2) is 48.3 Å². The van der Waals surface area contributed by atoms with Crippen LogP contribution in [0, 0.1) is 5.41 Å². The minimum absolute atomic E-state index is 0.391. The van der Waals surface area contributed by atoms with Crippen LogP contribution in [0.3, 0.4) is 0 Å². The first kappa shape index (κ1) is 12.8. The number of nitrogens with zero attached hydrogens (tertiary/aromatic N) is 1. The molecule has 0 amide bonds. The molecule has 0 bridgehead atoms. The van der Waals surface area contributed by atoms with Gasteiger partial charge < -0.3 is 9.84 Å². The van der Waals surface area contributed by atoms with Gasteiger partial charge in [-0.15, -0.1) is 0 Å². The first-order valence-corrected chi connectivity index (χ1v) is 6.61. The lowest BCUT2D eigenvalue weighted by Gasteiger charge is -2.48. The Kier molecular flexibility index (Phi) is 3.73. The maximum atomic E-state index is 11.5. The molecule has 4 heteroatoms. The molecular weight excluding hydrogens is 218 g/mol. The number of rotatable bonds is 4. The molecule has 2 aliphatic rings. The Morgan fingerprint density at radius 2 is 2.24 bits per heavy atom. The second-order valence-electron chi connectivity index (χ2n) is 5.50. The van der Waals surface area contributed by atoms with Gasteiger partial charge in [0.15, 0.2) is 0 Å². The molecule has 2 rings (SSSR count). The summed E-state index contributed by atoms with van der Waals surface area (Å²) >= 11 is 0. The molecule has 0 spiro atoms. The number of methoxy groups -OCH3 is 1. The van der Waals surface area contributed by atoms with E-state index < -0.39 is 11.4 Å². The molecule has 98 valence electrons. The molecule has 0 aromatic carbocycles. The highest BCUT2D eigenvalue weighted by molar-refractivity contribution is 5.75. The molecule has 0 aromatic rings. The van der Waals surface area contributed by atoms with Crippen molar-refractivity contribution < 1.29 is 14.6 Å². The lowest BCUT2D eigenvalue weighted by Crippen LogP contribution is -2.55. The largest absolute Gasteiger partial charge is 0.481 e. The van der Waals surface area contributed by atoms with Gasteiger partial charge >= 0.3 is 5.97 Å². The van der Waals surface area contributed by atoms with Crippen molar-refractivity contribution in [3.63, 3.8) is 0 Å². The summed E-state index contributed by atoms with van der Waals surface area (Å²) in [5.74, 6) is -0.618. The van der Waals surface area contributed by atoms with Crippen molar-refractivity contribution in [3.05, 3.63) is 0 Å². The van der Waals surface area contributed by atoms with Crippen LogP contribution in [0.15, 0.2) is 0 Å². The van der Waals surface area contributed by atoms with Gasteiger partial charge in [-0.2, -0.15) is 0 Å². The molecule has 4 nitrogen and oxygen atoms in total. The SMILES string of the molecule is CCC1(C(=O)O)CCCN(C2CC(OC)C2)C1. The summed E-state index contributed by atoms with van der Waals surface area (Å²) in [4.78, 5) is 13.8. The first-order valence-electron chi connectivity index (χ1n) is 6.61. The molecule has 1 aliphatic heterocycles. The van der Waals surface area contributed by atoms with Crippen LogP contribution in [0.1, 0.15) is 39.0 Å². The van der Waals surface area contributed by atoms with Crippen LogP contribution in [0.2, 0.25) is 0 Å².